The fraction of sp³-hybridized carbons (Fsp3) is 0.167. The molecule has 1 aromatic carbocycles. The molecule has 8 nitrogen and oxygen atoms in total. The van der Waals surface area contributed by atoms with Gasteiger partial charge in [0, 0.05) is 18.7 Å². The average Bonchev–Trinajstić information content (AvgIpc) is 3.02. The Kier molecular flexibility index (Phi) is 4.28. The Bertz CT molecular complexity index is 581. The Morgan fingerprint density at radius 2 is 2.15 bits per heavy atom. The number of nitrogens with two attached hydrogens (primary N) is 1. The zero-order valence-electron chi connectivity index (χ0n) is 10.6. The van der Waals surface area contributed by atoms with Gasteiger partial charge in [-0.1, -0.05) is 23.4 Å². The first kappa shape index (κ1) is 13.5. The Hall–Kier alpha value is -2.90. The lowest BCUT2D eigenvalue weighted by Crippen LogP contribution is -2.34. The predicted molar refractivity (Wildman–Crippen MR) is 72.5 cm³/mol. The molecule has 0 spiro atoms. The normalized spacial score (nSPS) is 11.3. The third-order valence-electron chi connectivity index (χ3n) is 2.67. The van der Waals surface area contributed by atoms with Crippen LogP contribution in [0.15, 0.2) is 41.7 Å². The molecular weight excluding hydrogens is 260 g/mol. The first-order valence-corrected chi connectivity index (χ1v) is 5.91. The van der Waals surface area contributed by atoms with E-state index in [9.17, 15) is 4.79 Å². The van der Waals surface area contributed by atoms with E-state index in [1.165, 1.54) is 11.1 Å². The van der Waals surface area contributed by atoms with Crippen molar-refractivity contribution in [3.8, 4) is 0 Å². The van der Waals surface area contributed by atoms with E-state index in [2.05, 4.69) is 20.6 Å². The molecule has 4 N–H and O–H groups in total. The van der Waals surface area contributed by atoms with Crippen molar-refractivity contribution in [3.63, 3.8) is 0 Å². The second-order valence-electron chi connectivity index (χ2n) is 3.99. The van der Waals surface area contributed by atoms with Crippen LogP contribution in [0.4, 0.5) is 5.69 Å². The monoisotopic (exact) mass is 274 g/mol. The fourth-order valence-corrected chi connectivity index (χ4v) is 1.68. The molecule has 0 saturated heterocycles. The molecule has 0 aliphatic rings. The Morgan fingerprint density at radius 1 is 1.40 bits per heavy atom. The summed E-state index contributed by atoms with van der Waals surface area (Å²) in [6.07, 6.45) is 1.59. The molecule has 20 heavy (non-hydrogen) atoms. The van der Waals surface area contributed by atoms with Crippen molar-refractivity contribution in [1.29, 1.82) is 0 Å². The number of rotatable bonds is 5. The quantitative estimate of drug-likeness (QED) is 0.319. The van der Waals surface area contributed by atoms with Crippen molar-refractivity contribution in [2.75, 3.05) is 11.4 Å². The maximum Gasteiger partial charge on any atom is 0.280 e. The number of para-hydroxylation sites is 1. The van der Waals surface area contributed by atoms with Crippen LogP contribution in [0.2, 0.25) is 0 Å². The van der Waals surface area contributed by atoms with Crippen LogP contribution in [0.3, 0.4) is 0 Å². The van der Waals surface area contributed by atoms with Crippen LogP contribution in [-0.2, 0) is 0 Å². The molecule has 0 aliphatic heterocycles. The third kappa shape index (κ3) is 3.10. The number of benzene rings is 1. The van der Waals surface area contributed by atoms with E-state index in [4.69, 9.17) is 10.9 Å². The molecule has 2 aromatic rings. The van der Waals surface area contributed by atoms with Crippen LogP contribution < -0.4 is 10.6 Å². The Balaban J connectivity index is 2.22. The second-order valence-corrected chi connectivity index (χ2v) is 3.99. The highest BCUT2D eigenvalue weighted by Crippen LogP contribution is 2.16. The zero-order chi connectivity index (χ0) is 14.4. The van der Waals surface area contributed by atoms with Gasteiger partial charge < -0.3 is 15.8 Å². The highest BCUT2D eigenvalue weighted by molar-refractivity contribution is 6.04. The van der Waals surface area contributed by atoms with Gasteiger partial charge in [-0.15, -0.1) is 0 Å². The average molecular weight is 274 g/mol. The van der Waals surface area contributed by atoms with Gasteiger partial charge in [0.1, 0.15) is 5.84 Å². The van der Waals surface area contributed by atoms with Gasteiger partial charge in [-0.25, -0.2) is 0 Å². The zero-order valence-corrected chi connectivity index (χ0v) is 10.6. The molecule has 1 aromatic heterocycles. The molecule has 0 fully saturated rings. The van der Waals surface area contributed by atoms with E-state index in [0.29, 0.717) is 5.69 Å². The minimum absolute atomic E-state index is 0.0545. The number of carbonyl (C=O) groups is 1. The maximum atomic E-state index is 12.4. The molecule has 0 radical (unpaired) electrons. The third-order valence-corrected chi connectivity index (χ3v) is 2.67. The lowest BCUT2D eigenvalue weighted by atomic mass is 10.2. The van der Waals surface area contributed by atoms with E-state index in [1.807, 2.05) is 18.2 Å². The first-order valence-electron chi connectivity index (χ1n) is 5.91. The summed E-state index contributed by atoms with van der Waals surface area (Å²) in [5, 5.41) is 21.3. The topological polar surface area (TPSA) is 120 Å². The number of oxime groups is 1. The summed E-state index contributed by atoms with van der Waals surface area (Å²) in [4.78, 5) is 13.9. The Morgan fingerprint density at radius 3 is 2.75 bits per heavy atom. The largest absolute Gasteiger partial charge is 0.409 e. The summed E-state index contributed by atoms with van der Waals surface area (Å²) in [5.41, 5.74) is 6.35. The number of anilines is 1. The van der Waals surface area contributed by atoms with Gasteiger partial charge in [0.2, 0.25) is 0 Å². The number of aromatic nitrogens is 3. The first-order chi connectivity index (χ1) is 9.72. The van der Waals surface area contributed by atoms with Crippen molar-refractivity contribution in [1.82, 2.24) is 15.4 Å². The van der Waals surface area contributed by atoms with Crippen LogP contribution in [0.5, 0.6) is 0 Å². The number of nitrogens with zero attached hydrogens (tertiary/aromatic N) is 4. The molecule has 0 saturated carbocycles. The molecule has 1 heterocycles. The van der Waals surface area contributed by atoms with Crippen molar-refractivity contribution in [2.24, 2.45) is 10.9 Å². The number of nitrogens with one attached hydrogen (secondary N) is 1. The highest BCUT2D eigenvalue weighted by Gasteiger charge is 2.20. The SMILES string of the molecule is N/C(CCN(C(=O)c1cn[nH]n1)c1ccccc1)=N/O. The number of amides is 1. The standard InChI is InChI=1S/C12H14N6O2/c13-11(16-20)6-7-18(9-4-2-1-3-5-9)12(19)10-8-14-17-15-10/h1-5,8,20H,6-7H2,(H2,13,16)(H,14,15,17). The number of carbonyl (C=O) groups excluding carboxylic acids is 1. The van der Waals surface area contributed by atoms with Gasteiger partial charge >= 0.3 is 0 Å². The summed E-state index contributed by atoms with van der Waals surface area (Å²) in [6.45, 7) is 0.269. The molecule has 0 bridgehead atoms. The fourth-order valence-electron chi connectivity index (χ4n) is 1.68. The molecular formula is C12H14N6O2. The van der Waals surface area contributed by atoms with Crippen LogP contribution >= 0.6 is 0 Å². The smallest absolute Gasteiger partial charge is 0.280 e. The van der Waals surface area contributed by atoms with Crippen molar-refractivity contribution >= 4 is 17.4 Å². The van der Waals surface area contributed by atoms with Crippen molar-refractivity contribution < 1.29 is 10.0 Å². The molecule has 2 rings (SSSR count). The van der Waals surface area contributed by atoms with Crippen LogP contribution in [0.25, 0.3) is 0 Å². The van der Waals surface area contributed by atoms with Gasteiger partial charge in [-0.3, -0.25) is 4.79 Å². The lowest BCUT2D eigenvalue weighted by Gasteiger charge is -2.21. The van der Waals surface area contributed by atoms with Crippen LogP contribution in [0, 0.1) is 0 Å². The van der Waals surface area contributed by atoms with Crippen molar-refractivity contribution in [2.45, 2.75) is 6.42 Å². The number of amidine groups is 1. The van der Waals surface area contributed by atoms with Gasteiger partial charge in [-0.2, -0.15) is 15.4 Å². The minimum atomic E-state index is -0.310. The van der Waals surface area contributed by atoms with E-state index in [1.54, 1.807) is 12.1 Å². The summed E-state index contributed by atoms with van der Waals surface area (Å²) in [6, 6.07) is 9.09. The van der Waals surface area contributed by atoms with Gasteiger partial charge in [-0.05, 0) is 12.1 Å². The van der Waals surface area contributed by atoms with E-state index in [0.717, 1.165) is 0 Å². The lowest BCUT2D eigenvalue weighted by molar-refractivity contribution is 0.0982. The van der Waals surface area contributed by atoms with E-state index < -0.39 is 0 Å². The summed E-state index contributed by atoms with van der Waals surface area (Å²) in [5.74, 6) is -0.255. The van der Waals surface area contributed by atoms with Gasteiger partial charge in [0.25, 0.3) is 5.91 Å². The minimum Gasteiger partial charge on any atom is -0.409 e. The molecule has 0 unspecified atom stereocenters. The number of hydrogen-bond acceptors (Lipinski definition) is 5. The Labute approximate surface area is 114 Å². The molecule has 104 valence electrons. The van der Waals surface area contributed by atoms with Gasteiger partial charge in [0.15, 0.2) is 5.69 Å². The highest BCUT2D eigenvalue weighted by atomic mass is 16.4. The van der Waals surface area contributed by atoms with E-state index >= 15 is 0 Å². The molecule has 0 aliphatic carbocycles. The summed E-state index contributed by atoms with van der Waals surface area (Å²) < 4.78 is 0. The molecule has 1 amide bonds. The number of aromatic amines is 1. The van der Waals surface area contributed by atoms with Crippen LogP contribution in [0.1, 0.15) is 16.9 Å². The molecule has 8 heteroatoms. The maximum absolute atomic E-state index is 12.4. The van der Waals surface area contributed by atoms with Crippen LogP contribution in [-0.4, -0.2) is 38.9 Å². The second kappa shape index (κ2) is 6.32. The predicted octanol–water partition coefficient (Wildman–Crippen LogP) is 0.588. The summed E-state index contributed by atoms with van der Waals surface area (Å²) >= 11 is 0. The number of H-pyrrole nitrogens is 1. The molecule has 0 atom stereocenters. The number of hydrogen-bond donors (Lipinski definition) is 3. The van der Waals surface area contributed by atoms with Gasteiger partial charge in [0.05, 0.1) is 6.20 Å². The summed E-state index contributed by atoms with van der Waals surface area (Å²) in [7, 11) is 0. The van der Waals surface area contributed by atoms with Crippen molar-refractivity contribution in [3.05, 3.63) is 42.2 Å². The van der Waals surface area contributed by atoms with E-state index in [-0.39, 0.29) is 30.4 Å².